The summed E-state index contributed by atoms with van der Waals surface area (Å²) in [5.74, 6) is 0.616. The standard InChI is InChI=1S/C27H26ClN3O4S/c1-34-23-13-12-19(14-24(23)35-2)17-30-22(15-25(32)29-21-11-7-6-10-20(21)28)26(33)31(27(30)36)16-18-8-4-3-5-9-18/h3-14,22H,15-17H2,1-2H3,(H,29,32)/t22-/m1/s1. The van der Waals surface area contributed by atoms with Crippen molar-refractivity contribution in [2.24, 2.45) is 0 Å². The second kappa shape index (κ2) is 11.4. The Bertz CT molecular complexity index is 1270. The Balaban J connectivity index is 1.59. The molecule has 7 nitrogen and oxygen atoms in total. The summed E-state index contributed by atoms with van der Waals surface area (Å²) in [5, 5.41) is 3.60. The van der Waals surface area contributed by atoms with Gasteiger partial charge in [-0.05, 0) is 47.6 Å². The van der Waals surface area contributed by atoms with Crippen molar-refractivity contribution >= 4 is 46.4 Å². The van der Waals surface area contributed by atoms with E-state index in [0.29, 0.717) is 40.4 Å². The number of benzene rings is 3. The third kappa shape index (κ3) is 5.61. The third-order valence-corrected chi connectivity index (χ3v) is 6.70. The number of methoxy groups -OCH3 is 2. The monoisotopic (exact) mass is 523 g/mol. The third-order valence-electron chi connectivity index (χ3n) is 5.91. The van der Waals surface area contributed by atoms with Crippen molar-refractivity contribution in [2.45, 2.75) is 25.6 Å². The van der Waals surface area contributed by atoms with Crippen LogP contribution in [0.15, 0.2) is 72.8 Å². The Morgan fingerprint density at radius 1 is 0.944 bits per heavy atom. The van der Waals surface area contributed by atoms with Crippen molar-refractivity contribution in [2.75, 3.05) is 19.5 Å². The van der Waals surface area contributed by atoms with E-state index in [1.54, 1.807) is 54.4 Å². The maximum Gasteiger partial charge on any atom is 0.252 e. The molecule has 0 bridgehead atoms. The van der Waals surface area contributed by atoms with E-state index in [9.17, 15) is 9.59 Å². The van der Waals surface area contributed by atoms with Crippen molar-refractivity contribution in [1.82, 2.24) is 9.80 Å². The zero-order valence-corrected chi connectivity index (χ0v) is 21.5. The van der Waals surface area contributed by atoms with Crippen LogP contribution in [0.25, 0.3) is 0 Å². The van der Waals surface area contributed by atoms with Crippen LogP contribution in [0.4, 0.5) is 5.69 Å². The van der Waals surface area contributed by atoms with Gasteiger partial charge in [0, 0.05) is 6.54 Å². The minimum atomic E-state index is -0.767. The smallest absolute Gasteiger partial charge is 0.252 e. The molecule has 1 fully saturated rings. The fourth-order valence-corrected chi connectivity index (χ4v) is 4.63. The molecule has 1 N–H and O–H groups in total. The Morgan fingerprint density at radius 3 is 2.33 bits per heavy atom. The predicted molar refractivity (Wildman–Crippen MR) is 143 cm³/mol. The van der Waals surface area contributed by atoms with Crippen LogP contribution in [0.1, 0.15) is 17.5 Å². The van der Waals surface area contributed by atoms with Crippen LogP contribution in [-0.2, 0) is 22.7 Å². The van der Waals surface area contributed by atoms with Crippen LogP contribution in [0.5, 0.6) is 11.5 Å². The first-order valence-corrected chi connectivity index (χ1v) is 12.1. The fourth-order valence-electron chi connectivity index (χ4n) is 4.10. The van der Waals surface area contributed by atoms with Gasteiger partial charge in [0.1, 0.15) is 6.04 Å². The zero-order chi connectivity index (χ0) is 25.7. The lowest BCUT2D eigenvalue weighted by Crippen LogP contribution is -2.37. The summed E-state index contributed by atoms with van der Waals surface area (Å²) in [4.78, 5) is 29.9. The lowest BCUT2D eigenvalue weighted by Gasteiger charge is -2.24. The Kier molecular flexibility index (Phi) is 8.07. The molecule has 0 radical (unpaired) electrons. The van der Waals surface area contributed by atoms with E-state index < -0.39 is 6.04 Å². The van der Waals surface area contributed by atoms with Gasteiger partial charge in [0.2, 0.25) is 5.91 Å². The van der Waals surface area contributed by atoms with Crippen molar-refractivity contribution in [3.05, 3.63) is 88.9 Å². The highest BCUT2D eigenvalue weighted by Crippen LogP contribution is 2.31. The Labute approximate surface area is 220 Å². The maximum atomic E-state index is 13.5. The van der Waals surface area contributed by atoms with Crippen LogP contribution in [0.3, 0.4) is 0 Å². The molecular weight excluding hydrogens is 498 g/mol. The number of nitrogens with one attached hydrogen (secondary N) is 1. The molecule has 2 amide bonds. The number of halogens is 1. The maximum absolute atomic E-state index is 13.5. The second-order valence-corrected chi connectivity index (χ2v) is 9.03. The number of amides is 2. The first-order valence-electron chi connectivity index (χ1n) is 11.3. The first kappa shape index (κ1) is 25.5. The largest absolute Gasteiger partial charge is 0.493 e. The molecule has 36 heavy (non-hydrogen) atoms. The molecule has 0 spiro atoms. The Hall–Kier alpha value is -3.62. The summed E-state index contributed by atoms with van der Waals surface area (Å²) in [6.45, 7) is 0.643. The summed E-state index contributed by atoms with van der Waals surface area (Å²) in [5.41, 5.74) is 2.30. The van der Waals surface area contributed by atoms with Crippen molar-refractivity contribution in [3.8, 4) is 11.5 Å². The van der Waals surface area contributed by atoms with Crippen LogP contribution >= 0.6 is 23.8 Å². The van der Waals surface area contributed by atoms with Crippen LogP contribution < -0.4 is 14.8 Å². The number of anilines is 1. The van der Waals surface area contributed by atoms with Gasteiger partial charge in [0.15, 0.2) is 16.6 Å². The average molecular weight is 524 g/mol. The second-order valence-electron chi connectivity index (χ2n) is 8.26. The van der Waals surface area contributed by atoms with Crippen LogP contribution in [0, 0.1) is 0 Å². The molecule has 1 atom stereocenters. The number of thiocarbonyl (C=S) groups is 1. The molecule has 0 saturated carbocycles. The van der Waals surface area contributed by atoms with Crippen molar-refractivity contribution < 1.29 is 19.1 Å². The highest BCUT2D eigenvalue weighted by molar-refractivity contribution is 7.80. The summed E-state index contributed by atoms with van der Waals surface area (Å²) < 4.78 is 10.8. The minimum absolute atomic E-state index is 0.0806. The van der Waals surface area contributed by atoms with Gasteiger partial charge in [0.05, 0.1) is 37.9 Å². The SMILES string of the molecule is COc1ccc(CN2C(=S)N(Cc3ccccc3)C(=O)[C@H]2CC(=O)Nc2ccccc2Cl)cc1OC. The van der Waals surface area contributed by atoms with E-state index in [4.69, 9.17) is 33.3 Å². The van der Waals surface area contributed by atoms with Gasteiger partial charge in [-0.25, -0.2) is 0 Å². The number of ether oxygens (including phenoxy) is 2. The summed E-state index contributed by atoms with van der Waals surface area (Å²) in [6, 6.07) is 21.3. The van der Waals surface area contributed by atoms with E-state index in [1.165, 1.54) is 0 Å². The average Bonchev–Trinajstić information content (AvgIpc) is 3.09. The molecule has 1 saturated heterocycles. The van der Waals surface area contributed by atoms with Crippen molar-refractivity contribution in [3.63, 3.8) is 0 Å². The number of hydrogen-bond donors (Lipinski definition) is 1. The summed E-state index contributed by atoms with van der Waals surface area (Å²) in [6.07, 6.45) is -0.0806. The Morgan fingerprint density at radius 2 is 1.64 bits per heavy atom. The molecule has 186 valence electrons. The van der Waals surface area contributed by atoms with E-state index >= 15 is 0 Å². The highest BCUT2D eigenvalue weighted by atomic mass is 35.5. The van der Waals surface area contributed by atoms with Gasteiger partial charge in [-0.3, -0.25) is 14.5 Å². The number of carbonyl (C=O) groups excluding carboxylic acids is 2. The predicted octanol–water partition coefficient (Wildman–Crippen LogP) is 4.88. The van der Waals surface area contributed by atoms with Gasteiger partial charge in [-0.1, -0.05) is 60.1 Å². The zero-order valence-electron chi connectivity index (χ0n) is 19.9. The number of rotatable bonds is 9. The number of hydrogen-bond acceptors (Lipinski definition) is 5. The van der Waals surface area contributed by atoms with Crippen LogP contribution in [0.2, 0.25) is 5.02 Å². The van der Waals surface area contributed by atoms with E-state index in [0.717, 1.165) is 11.1 Å². The number of para-hydroxylation sites is 1. The van der Waals surface area contributed by atoms with E-state index in [1.807, 2.05) is 42.5 Å². The van der Waals surface area contributed by atoms with Gasteiger partial charge >= 0.3 is 0 Å². The highest BCUT2D eigenvalue weighted by Gasteiger charge is 2.43. The molecular formula is C27H26ClN3O4S. The molecule has 1 heterocycles. The van der Waals surface area contributed by atoms with Gasteiger partial charge in [0.25, 0.3) is 5.91 Å². The van der Waals surface area contributed by atoms with Crippen molar-refractivity contribution in [1.29, 1.82) is 0 Å². The van der Waals surface area contributed by atoms with E-state index in [2.05, 4.69) is 5.32 Å². The molecule has 4 rings (SSSR count). The van der Waals surface area contributed by atoms with Gasteiger partial charge in [-0.2, -0.15) is 0 Å². The lowest BCUT2D eigenvalue weighted by molar-refractivity contribution is -0.131. The first-order chi connectivity index (χ1) is 17.4. The van der Waals surface area contributed by atoms with E-state index in [-0.39, 0.29) is 18.2 Å². The molecule has 1 aliphatic heterocycles. The molecule has 9 heteroatoms. The molecule has 3 aromatic rings. The molecule has 0 aliphatic carbocycles. The summed E-state index contributed by atoms with van der Waals surface area (Å²) in [7, 11) is 3.13. The molecule has 3 aromatic carbocycles. The minimum Gasteiger partial charge on any atom is -0.493 e. The molecule has 0 aromatic heterocycles. The summed E-state index contributed by atoms with van der Waals surface area (Å²) >= 11 is 11.9. The molecule has 1 aliphatic rings. The van der Waals surface area contributed by atoms with Gasteiger partial charge in [-0.15, -0.1) is 0 Å². The lowest BCUT2D eigenvalue weighted by atomic mass is 10.1. The number of nitrogens with zero attached hydrogens (tertiary/aromatic N) is 2. The molecule has 0 unspecified atom stereocenters. The number of carbonyl (C=O) groups is 2. The topological polar surface area (TPSA) is 71.1 Å². The fraction of sp³-hybridized carbons (Fsp3) is 0.222. The quantitative estimate of drug-likeness (QED) is 0.403. The normalized spacial score (nSPS) is 15.2. The van der Waals surface area contributed by atoms with Gasteiger partial charge < -0.3 is 19.7 Å². The van der Waals surface area contributed by atoms with Crippen LogP contribution in [-0.4, -0.2) is 47.0 Å².